The molecule has 0 saturated heterocycles. The van der Waals surface area contributed by atoms with Crippen LogP contribution in [0.3, 0.4) is 0 Å². The molecule has 0 spiro atoms. The fourth-order valence-electron chi connectivity index (χ4n) is 0.593. The fourth-order valence-corrected chi connectivity index (χ4v) is 1.12. The molecular weight excluding hydrogens is 178 g/mol. The summed E-state index contributed by atoms with van der Waals surface area (Å²) in [6.45, 7) is 3.40. The third-order valence-corrected chi connectivity index (χ3v) is 2.56. The van der Waals surface area contributed by atoms with Gasteiger partial charge < -0.3 is 0 Å². The Hall–Kier alpha value is -0.580. The Morgan fingerprint density at radius 2 is 1.92 bits per heavy atom. The maximum Gasteiger partial charge on any atom is 0.256 e. The van der Waals surface area contributed by atoms with Crippen molar-refractivity contribution in [1.82, 2.24) is 4.72 Å². The van der Waals surface area contributed by atoms with Gasteiger partial charge in [-0.2, -0.15) is 0 Å². The molecule has 0 fully saturated rings. The molecule has 0 heterocycles. The first-order valence-electron chi connectivity index (χ1n) is 4.00. The standard InChI is InChI=1S/C7H14NO3S/c1-3-5-6-7(9)8-12(10,11)4-2/h3-6H2,1-2H3. The molecule has 1 radical (unpaired) electrons. The molecule has 0 aromatic rings. The van der Waals surface area contributed by atoms with Gasteiger partial charge in [-0.1, -0.05) is 13.3 Å². The normalized spacial score (nSPS) is 11.2. The van der Waals surface area contributed by atoms with Crippen molar-refractivity contribution in [2.75, 3.05) is 5.75 Å². The highest BCUT2D eigenvalue weighted by Crippen LogP contribution is 1.96. The summed E-state index contributed by atoms with van der Waals surface area (Å²) in [5, 5.41) is 0. The first-order valence-corrected chi connectivity index (χ1v) is 5.61. The summed E-state index contributed by atoms with van der Waals surface area (Å²) < 4.78 is 24.7. The molecule has 0 saturated carbocycles. The number of hydrogen-bond acceptors (Lipinski definition) is 3. The van der Waals surface area contributed by atoms with E-state index < -0.39 is 15.9 Å². The SMILES string of the molecule is CCCCC(=O)[N]S(=O)(=O)CC. The number of rotatable bonds is 5. The Bertz CT molecular complexity index is 233. The van der Waals surface area contributed by atoms with Gasteiger partial charge >= 0.3 is 0 Å². The van der Waals surface area contributed by atoms with Gasteiger partial charge in [0.25, 0.3) is 15.9 Å². The Morgan fingerprint density at radius 1 is 1.33 bits per heavy atom. The lowest BCUT2D eigenvalue weighted by Crippen LogP contribution is -2.24. The number of carbonyl (C=O) groups is 1. The summed E-state index contributed by atoms with van der Waals surface area (Å²) in [6.07, 6.45) is 1.80. The van der Waals surface area contributed by atoms with Crippen LogP contribution in [0, 0.1) is 0 Å². The van der Waals surface area contributed by atoms with E-state index in [-0.39, 0.29) is 12.2 Å². The second-order valence-corrected chi connectivity index (χ2v) is 4.38. The quantitative estimate of drug-likeness (QED) is 0.642. The van der Waals surface area contributed by atoms with E-state index in [1.54, 1.807) is 0 Å². The first-order chi connectivity index (χ1) is 5.52. The summed E-state index contributed by atoms with van der Waals surface area (Å²) in [7, 11) is -3.47. The van der Waals surface area contributed by atoms with Crippen LogP contribution in [0.1, 0.15) is 33.1 Å². The zero-order chi connectivity index (χ0) is 9.61. The Balaban J connectivity index is 3.85. The first kappa shape index (κ1) is 11.4. The molecule has 0 unspecified atom stereocenters. The lowest BCUT2D eigenvalue weighted by Gasteiger charge is -1.99. The van der Waals surface area contributed by atoms with E-state index in [2.05, 4.69) is 4.72 Å². The minimum Gasteiger partial charge on any atom is -0.272 e. The fraction of sp³-hybridized carbons (Fsp3) is 0.857. The van der Waals surface area contributed by atoms with Crippen molar-refractivity contribution < 1.29 is 13.2 Å². The van der Waals surface area contributed by atoms with Crippen LogP contribution in [0.5, 0.6) is 0 Å². The number of amides is 1. The lowest BCUT2D eigenvalue weighted by atomic mass is 10.2. The van der Waals surface area contributed by atoms with Gasteiger partial charge in [0.1, 0.15) is 0 Å². The van der Waals surface area contributed by atoms with Crippen molar-refractivity contribution >= 4 is 15.9 Å². The Morgan fingerprint density at radius 3 is 2.33 bits per heavy atom. The predicted molar refractivity (Wildman–Crippen MR) is 46.1 cm³/mol. The van der Waals surface area contributed by atoms with Gasteiger partial charge in [-0.05, 0) is 13.3 Å². The summed E-state index contributed by atoms with van der Waals surface area (Å²) >= 11 is 0. The maximum atomic E-state index is 10.8. The molecule has 4 nitrogen and oxygen atoms in total. The van der Waals surface area contributed by atoms with Gasteiger partial charge in [-0.25, -0.2) is 8.42 Å². The summed E-state index contributed by atoms with van der Waals surface area (Å²) in [6, 6.07) is 0. The molecule has 71 valence electrons. The van der Waals surface area contributed by atoms with Gasteiger partial charge in [0.2, 0.25) is 0 Å². The molecule has 5 heteroatoms. The predicted octanol–water partition coefficient (Wildman–Crippen LogP) is 0.657. The van der Waals surface area contributed by atoms with Crippen LogP contribution in [0.15, 0.2) is 0 Å². The Kier molecular flexibility index (Phi) is 4.89. The molecule has 0 rings (SSSR count). The zero-order valence-electron chi connectivity index (χ0n) is 7.41. The number of nitrogens with zero attached hydrogens (tertiary/aromatic N) is 1. The third kappa shape index (κ3) is 5.12. The maximum absolute atomic E-state index is 10.8. The van der Waals surface area contributed by atoms with E-state index in [0.29, 0.717) is 6.42 Å². The van der Waals surface area contributed by atoms with Crippen LogP contribution >= 0.6 is 0 Å². The van der Waals surface area contributed by atoms with E-state index in [9.17, 15) is 13.2 Å². The van der Waals surface area contributed by atoms with E-state index in [1.165, 1.54) is 6.92 Å². The molecule has 0 aliphatic rings. The largest absolute Gasteiger partial charge is 0.272 e. The molecule has 0 aromatic heterocycles. The van der Waals surface area contributed by atoms with Crippen LogP contribution in [0.4, 0.5) is 0 Å². The minimum absolute atomic E-state index is 0.106. The number of hydrogen-bond donors (Lipinski definition) is 0. The molecule has 0 atom stereocenters. The average molecular weight is 192 g/mol. The molecule has 0 aliphatic heterocycles. The summed E-state index contributed by atoms with van der Waals surface area (Å²) in [5.41, 5.74) is 0. The molecule has 0 aromatic carbocycles. The second kappa shape index (κ2) is 5.13. The number of unbranched alkanes of at least 4 members (excludes halogenated alkanes) is 1. The van der Waals surface area contributed by atoms with Gasteiger partial charge in [-0.3, -0.25) is 4.79 Å². The van der Waals surface area contributed by atoms with Crippen LogP contribution < -0.4 is 4.72 Å². The number of sulfonamides is 1. The average Bonchev–Trinajstić information content (AvgIpc) is 2.00. The smallest absolute Gasteiger partial charge is 0.256 e. The van der Waals surface area contributed by atoms with Gasteiger partial charge in [-0.15, -0.1) is 4.72 Å². The molecule has 0 bridgehead atoms. The van der Waals surface area contributed by atoms with E-state index in [1.807, 2.05) is 6.92 Å². The topological polar surface area (TPSA) is 65.3 Å². The summed E-state index contributed by atoms with van der Waals surface area (Å²) in [5.74, 6) is -0.635. The van der Waals surface area contributed by atoms with Crippen molar-refractivity contribution in [3.8, 4) is 0 Å². The van der Waals surface area contributed by atoms with E-state index in [0.717, 1.165) is 6.42 Å². The van der Waals surface area contributed by atoms with Crippen LogP contribution in [-0.4, -0.2) is 20.1 Å². The lowest BCUT2D eigenvalue weighted by molar-refractivity contribution is -0.119. The van der Waals surface area contributed by atoms with E-state index >= 15 is 0 Å². The van der Waals surface area contributed by atoms with Crippen molar-refractivity contribution in [1.29, 1.82) is 0 Å². The molecule has 0 N–H and O–H groups in total. The zero-order valence-corrected chi connectivity index (χ0v) is 8.23. The Labute approximate surface area is 73.4 Å². The third-order valence-electron chi connectivity index (χ3n) is 1.35. The van der Waals surface area contributed by atoms with Crippen molar-refractivity contribution in [2.24, 2.45) is 0 Å². The highest BCUT2D eigenvalue weighted by atomic mass is 32.2. The molecule has 1 amide bonds. The molecule has 0 aliphatic carbocycles. The minimum atomic E-state index is -3.47. The van der Waals surface area contributed by atoms with Gasteiger partial charge in [0.05, 0.1) is 5.75 Å². The highest BCUT2D eigenvalue weighted by Gasteiger charge is 2.13. The van der Waals surface area contributed by atoms with Crippen LogP contribution in [-0.2, 0) is 14.8 Å². The molecule has 12 heavy (non-hydrogen) atoms. The van der Waals surface area contributed by atoms with Gasteiger partial charge in [0.15, 0.2) is 0 Å². The van der Waals surface area contributed by atoms with Crippen molar-refractivity contribution in [2.45, 2.75) is 33.1 Å². The monoisotopic (exact) mass is 192 g/mol. The summed E-state index contributed by atoms with van der Waals surface area (Å²) in [4.78, 5) is 10.8. The van der Waals surface area contributed by atoms with Gasteiger partial charge in [0, 0.05) is 6.42 Å². The van der Waals surface area contributed by atoms with Crippen LogP contribution in [0.2, 0.25) is 0 Å². The van der Waals surface area contributed by atoms with Crippen molar-refractivity contribution in [3.63, 3.8) is 0 Å². The highest BCUT2D eigenvalue weighted by molar-refractivity contribution is 7.89. The molecular formula is C7H14NO3S. The number of carbonyl (C=O) groups excluding carboxylic acids is 1. The van der Waals surface area contributed by atoms with Crippen molar-refractivity contribution in [3.05, 3.63) is 0 Å². The van der Waals surface area contributed by atoms with Crippen LogP contribution in [0.25, 0.3) is 0 Å². The second-order valence-electron chi connectivity index (χ2n) is 2.46. The van der Waals surface area contributed by atoms with E-state index in [4.69, 9.17) is 0 Å².